The Morgan fingerprint density at radius 2 is 2.12 bits per heavy atom. The van der Waals surface area contributed by atoms with Crippen molar-refractivity contribution >= 4 is 28.0 Å². The van der Waals surface area contributed by atoms with Crippen LogP contribution in [0.3, 0.4) is 0 Å². The Hall–Kier alpha value is -1.13. The third-order valence-corrected chi connectivity index (χ3v) is 2.77. The lowest BCUT2D eigenvalue weighted by Crippen LogP contribution is -2.14. The van der Waals surface area contributed by atoms with E-state index in [2.05, 4.69) is 20.7 Å². The fraction of sp³-hybridized carbons (Fsp3) is 0.250. The van der Waals surface area contributed by atoms with Crippen LogP contribution < -0.4 is 0 Å². The maximum Gasteiger partial charge on any atom is 0.308 e. The number of esters is 1. The number of aliphatic hydroxyl groups excluding tert-OH is 1. The summed E-state index contributed by atoms with van der Waals surface area (Å²) in [6, 6.07) is 9.53. The first-order valence-corrected chi connectivity index (χ1v) is 5.60. The van der Waals surface area contributed by atoms with Crippen molar-refractivity contribution in [2.45, 2.75) is 12.5 Å². The molecule has 1 aromatic carbocycles. The van der Waals surface area contributed by atoms with Crippen molar-refractivity contribution in [2.24, 2.45) is 0 Å². The fourth-order valence-electron chi connectivity index (χ4n) is 1.14. The van der Waals surface area contributed by atoms with Gasteiger partial charge in [-0.2, -0.15) is 0 Å². The van der Waals surface area contributed by atoms with Gasteiger partial charge in [-0.05, 0) is 11.6 Å². The van der Waals surface area contributed by atoms with Gasteiger partial charge in [-0.15, -0.1) is 0 Å². The SMILES string of the molecule is COC(=O)CC(O)/C(Br)=C/c1ccccc1. The van der Waals surface area contributed by atoms with Gasteiger partial charge in [0.05, 0.1) is 19.6 Å². The van der Waals surface area contributed by atoms with Gasteiger partial charge in [0.1, 0.15) is 0 Å². The highest BCUT2D eigenvalue weighted by Crippen LogP contribution is 2.18. The molecule has 0 saturated heterocycles. The van der Waals surface area contributed by atoms with Crippen LogP contribution >= 0.6 is 15.9 Å². The number of hydrogen-bond donors (Lipinski definition) is 1. The summed E-state index contributed by atoms with van der Waals surface area (Å²) < 4.78 is 5.03. The van der Waals surface area contributed by atoms with Crippen LogP contribution in [0.2, 0.25) is 0 Å². The first-order chi connectivity index (χ1) is 7.63. The predicted octanol–water partition coefficient (Wildman–Crippen LogP) is 2.35. The minimum absolute atomic E-state index is 0.0551. The van der Waals surface area contributed by atoms with Crippen molar-refractivity contribution in [3.05, 3.63) is 40.4 Å². The molecule has 0 aliphatic heterocycles. The molecular formula is C12H13BrO3. The van der Waals surface area contributed by atoms with Crippen LogP contribution in [0.5, 0.6) is 0 Å². The maximum absolute atomic E-state index is 10.9. The number of hydrogen-bond acceptors (Lipinski definition) is 3. The van der Waals surface area contributed by atoms with Crippen LogP contribution in [-0.4, -0.2) is 24.3 Å². The first-order valence-electron chi connectivity index (χ1n) is 4.80. The van der Waals surface area contributed by atoms with Crippen molar-refractivity contribution < 1.29 is 14.6 Å². The van der Waals surface area contributed by atoms with Crippen molar-refractivity contribution in [2.75, 3.05) is 7.11 Å². The molecule has 1 unspecified atom stereocenters. The lowest BCUT2D eigenvalue weighted by molar-refractivity contribution is -0.142. The van der Waals surface area contributed by atoms with Crippen LogP contribution in [-0.2, 0) is 9.53 Å². The van der Waals surface area contributed by atoms with E-state index < -0.39 is 12.1 Å². The fourth-order valence-corrected chi connectivity index (χ4v) is 1.57. The second-order valence-corrected chi connectivity index (χ2v) is 4.15. The van der Waals surface area contributed by atoms with Crippen molar-refractivity contribution in [3.8, 4) is 0 Å². The standard InChI is InChI=1S/C12H13BrO3/c1-16-12(15)8-11(14)10(13)7-9-5-3-2-4-6-9/h2-7,11,14H,8H2,1H3/b10-7-. The number of halogens is 1. The smallest absolute Gasteiger partial charge is 0.308 e. The molecule has 0 bridgehead atoms. The van der Waals surface area contributed by atoms with Gasteiger partial charge >= 0.3 is 5.97 Å². The highest BCUT2D eigenvalue weighted by Gasteiger charge is 2.13. The number of ether oxygens (including phenoxy) is 1. The molecular weight excluding hydrogens is 272 g/mol. The molecule has 0 spiro atoms. The summed E-state index contributed by atoms with van der Waals surface area (Å²) in [6.45, 7) is 0. The van der Waals surface area contributed by atoms with Crippen LogP contribution in [0, 0.1) is 0 Å². The van der Waals surface area contributed by atoms with Crippen LogP contribution in [0.25, 0.3) is 6.08 Å². The highest BCUT2D eigenvalue weighted by atomic mass is 79.9. The molecule has 1 N–H and O–H groups in total. The van der Waals surface area contributed by atoms with Gasteiger partial charge in [-0.25, -0.2) is 0 Å². The van der Waals surface area contributed by atoms with E-state index in [4.69, 9.17) is 0 Å². The largest absolute Gasteiger partial charge is 0.469 e. The topological polar surface area (TPSA) is 46.5 Å². The van der Waals surface area contributed by atoms with E-state index in [0.717, 1.165) is 5.56 Å². The van der Waals surface area contributed by atoms with Crippen molar-refractivity contribution in [1.82, 2.24) is 0 Å². The van der Waals surface area contributed by atoms with Gasteiger partial charge < -0.3 is 9.84 Å². The second kappa shape index (κ2) is 6.45. The Bertz CT molecular complexity index is 373. The number of carbonyl (C=O) groups is 1. The molecule has 0 fully saturated rings. The minimum Gasteiger partial charge on any atom is -0.469 e. The van der Waals surface area contributed by atoms with Gasteiger partial charge in [0.15, 0.2) is 0 Å². The summed E-state index contributed by atoms with van der Waals surface area (Å²) in [5.74, 6) is -0.439. The first kappa shape index (κ1) is 12.9. The summed E-state index contributed by atoms with van der Waals surface area (Å²) in [4.78, 5) is 10.9. The maximum atomic E-state index is 10.9. The summed E-state index contributed by atoms with van der Waals surface area (Å²) >= 11 is 3.24. The molecule has 1 rings (SSSR count). The molecule has 4 heteroatoms. The minimum atomic E-state index is -0.868. The molecule has 3 nitrogen and oxygen atoms in total. The van der Waals surface area contributed by atoms with E-state index in [1.807, 2.05) is 30.3 Å². The molecule has 0 radical (unpaired) electrons. The molecule has 0 aromatic heterocycles. The predicted molar refractivity (Wildman–Crippen MR) is 66.0 cm³/mol. The number of carbonyl (C=O) groups excluding carboxylic acids is 1. The molecule has 86 valence electrons. The van der Waals surface area contributed by atoms with Gasteiger partial charge in [0.2, 0.25) is 0 Å². The summed E-state index contributed by atoms with van der Waals surface area (Å²) in [5.41, 5.74) is 0.957. The molecule has 1 aromatic rings. The van der Waals surface area contributed by atoms with E-state index in [9.17, 15) is 9.90 Å². The normalized spacial score (nSPS) is 13.3. The monoisotopic (exact) mass is 284 g/mol. The highest BCUT2D eigenvalue weighted by molar-refractivity contribution is 9.11. The van der Waals surface area contributed by atoms with Gasteiger partial charge in [0, 0.05) is 4.48 Å². The third-order valence-electron chi connectivity index (χ3n) is 2.01. The average Bonchev–Trinajstić information content (AvgIpc) is 2.30. The molecule has 16 heavy (non-hydrogen) atoms. The lowest BCUT2D eigenvalue weighted by atomic mass is 10.1. The summed E-state index contributed by atoms with van der Waals surface area (Å²) in [5, 5.41) is 9.66. The molecule has 0 aliphatic carbocycles. The van der Waals surface area contributed by atoms with Crippen LogP contribution in [0.1, 0.15) is 12.0 Å². The summed E-state index contributed by atoms with van der Waals surface area (Å²) in [6.07, 6.45) is 0.848. The zero-order valence-electron chi connectivity index (χ0n) is 8.89. The molecule has 1 atom stereocenters. The molecule has 0 saturated carbocycles. The van der Waals surface area contributed by atoms with Gasteiger partial charge in [0.25, 0.3) is 0 Å². The second-order valence-electron chi connectivity index (χ2n) is 3.24. The zero-order valence-corrected chi connectivity index (χ0v) is 10.5. The van der Waals surface area contributed by atoms with Gasteiger partial charge in [-0.1, -0.05) is 46.3 Å². The Labute approximate surface area is 103 Å². The van der Waals surface area contributed by atoms with Gasteiger partial charge in [-0.3, -0.25) is 4.79 Å². The van der Waals surface area contributed by atoms with Crippen LogP contribution in [0.4, 0.5) is 0 Å². The number of benzene rings is 1. The quantitative estimate of drug-likeness (QED) is 0.864. The molecule has 0 amide bonds. The Morgan fingerprint density at radius 3 is 2.69 bits per heavy atom. The number of aliphatic hydroxyl groups is 1. The zero-order chi connectivity index (χ0) is 12.0. The number of rotatable bonds is 4. The Morgan fingerprint density at radius 1 is 1.50 bits per heavy atom. The van der Waals surface area contributed by atoms with E-state index in [0.29, 0.717) is 4.48 Å². The lowest BCUT2D eigenvalue weighted by Gasteiger charge is -2.08. The van der Waals surface area contributed by atoms with E-state index in [1.165, 1.54) is 7.11 Å². The van der Waals surface area contributed by atoms with E-state index >= 15 is 0 Å². The number of methoxy groups -OCH3 is 1. The third kappa shape index (κ3) is 4.16. The van der Waals surface area contributed by atoms with Crippen LogP contribution in [0.15, 0.2) is 34.8 Å². The average molecular weight is 285 g/mol. The van der Waals surface area contributed by atoms with Crippen molar-refractivity contribution in [3.63, 3.8) is 0 Å². The van der Waals surface area contributed by atoms with Crippen molar-refractivity contribution in [1.29, 1.82) is 0 Å². The molecule has 0 heterocycles. The van der Waals surface area contributed by atoms with E-state index in [1.54, 1.807) is 6.08 Å². The Balaban J connectivity index is 2.66. The van der Waals surface area contributed by atoms with E-state index in [-0.39, 0.29) is 6.42 Å². The molecule has 0 aliphatic rings. The summed E-state index contributed by atoms with van der Waals surface area (Å²) in [7, 11) is 1.30. The Kier molecular flexibility index (Phi) is 5.22.